The first-order chi connectivity index (χ1) is 7.13. The van der Waals surface area contributed by atoms with Crippen molar-refractivity contribution in [3.8, 4) is 0 Å². The predicted octanol–water partition coefficient (Wildman–Crippen LogP) is 2.23. The molecule has 0 spiro atoms. The van der Waals surface area contributed by atoms with Crippen LogP contribution in [0.2, 0.25) is 0 Å². The molecular formula is C9H14BrN3OS. The van der Waals surface area contributed by atoms with Gasteiger partial charge in [-0.15, -0.1) is 11.3 Å². The monoisotopic (exact) mass is 291 g/mol. The van der Waals surface area contributed by atoms with Crippen molar-refractivity contribution in [1.29, 1.82) is 0 Å². The number of thiazole rings is 1. The molecule has 15 heavy (non-hydrogen) atoms. The quantitative estimate of drug-likeness (QED) is 0.875. The number of amides is 1. The molecule has 84 valence electrons. The summed E-state index contributed by atoms with van der Waals surface area (Å²) in [4.78, 5) is 15.7. The van der Waals surface area contributed by atoms with Crippen LogP contribution in [-0.4, -0.2) is 23.5 Å². The third-order valence-corrected chi connectivity index (χ3v) is 3.24. The van der Waals surface area contributed by atoms with Gasteiger partial charge in [-0.2, -0.15) is 0 Å². The number of carbonyl (C=O) groups is 1. The van der Waals surface area contributed by atoms with Crippen LogP contribution in [0.25, 0.3) is 0 Å². The van der Waals surface area contributed by atoms with E-state index in [0.717, 1.165) is 16.2 Å². The number of carbonyl (C=O) groups excluding carboxylic acids is 1. The standard InChI is InChI=1S/C9H14BrN3OS/c1-3-4-11-8(14)6(2)12-9-13-7(10)5-15-9/h5-6H,3-4H2,1-2H3,(H,11,14)(H,12,13). The van der Waals surface area contributed by atoms with E-state index in [4.69, 9.17) is 0 Å². The Morgan fingerprint density at radius 1 is 1.73 bits per heavy atom. The van der Waals surface area contributed by atoms with Crippen molar-refractivity contribution >= 4 is 38.3 Å². The van der Waals surface area contributed by atoms with Crippen molar-refractivity contribution in [2.75, 3.05) is 11.9 Å². The number of hydrogen-bond donors (Lipinski definition) is 2. The van der Waals surface area contributed by atoms with Crippen molar-refractivity contribution in [2.24, 2.45) is 0 Å². The second-order valence-electron chi connectivity index (χ2n) is 3.13. The van der Waals surface area contributed by atoms with E-state index in [-0.39, 0.29) is 11.9 Å². The topological polar surface area (TPSA) is 54.0 Å². The molecule has 0 aliphatic heterocycles. The highest BCUT2D eigenvalue weighted by molar-refractivity contribution is 9.10. The molecule has 1 atom stereocenters. The van der Waals surface area contributed by atoms with Gasteiger partial charge in [-0.1, -0.05) is 6.92 Å². The van der Waals surface area contributed by atoms with Gasteiger partial charge < -0.3 is 10.6 Å². The Kier molecular flexibility index (Phi) is 5.04. The number of aromatic nitrogens is 1. The van der Waals surface area contributed by atoms with Crippen molar-refractivity contribution in [3.05, 3.63) is 9.98 Å². The van der Waals surface area contributed by atoms with Crippen LogP contribution < -0.4 is 10.6 Å². The van der Waals surface area contributed by atoms with Crippen molar-refractivity contribution in [3.63, 3.8) is 0 Å². The van der Waals surface area contributed by atoms with Gasteiger partial charge in [-0.05, 0) is 29.3 Å². The zero-order valence-corrected chi connectivity index (χ0v) is 11.1. The summed E-state index contributed by atoms with van der Waals surface area (Å²) in [6.07, 6.45) is 0.946. The minimum atomic E-state index is -0.255. The zero-order valence-electron chi connectivity index (χ0n) is 8.71. The van der Waals surface area contributed by atoms with E-state index >= 15 is 0 Å². The van der Waals surface area contributed by atoms with Crippen LogP contribution in [0.3, 0.4) is 0 Å². The lowest BCUT2D eigenvalue weighted by molar-refractivity contribution is -0.121. The molecule has 0 saturated carbocycles. The molecule has 0 radical (unpaired) electrons. The number of hydrogen-bond acceptors (Lipinski definition) is 4. The van der Waals surface area contributed by atoms with E-state index in [2.05, 4.69) is 31.5 Å². The number of anilines is 1. The lowest BCUT2D eigenvalue weighted by Crippen LogP contribution is -2.37. The first-order valence-corrected chi connectivity index (χ1v) is 6.46. The normalized spacial score (nSPS) is 12.2. The van der Waals surface area contributed by atoms with Gasteiger partial charge in [0.15, 0.2) is 5.13 Å². The maximum Gasteiger partial charge on any atom is 0.242 e. The lowest BCUT2D eigenvalue weighted by Gasteiger charge is -2.12. The van der Waals surface area contributed by atoms with E-state index in [9.17, 15) is 4.79 Å². The Morgan fingerprint density at radius 3 is 3.00 bits per heavy atom. The smallest absolute Gasteiger partial charge is 0.242 e. The van der Waals surface area contributed by atoms with Crippen LogP contribution >= 0.6 is 27.3 Å². The first-order valence-electron chi connectivity index (χ1n) is 4.78. The summed E-state index contributed by atoms with van der Waals surface area (Å²) < 4.78 is 0.788. The van der Waals surface area contributed by atoms with Crippen molar-refractivity contribution < 1.29 is 4.79 Å². The van der Waals surface area contributed by atoms with Gasteiger partial charge in [0, 0.05) is 11.9 Å². The molecule has 4 nitrogen and oxygen atoms in total. The van der Waals surface area contributed by atoms with Crippen LogP contribution in [0.15, 0.2) is 9.98 Å². The fourth-order valence-electron chi connectivity index (χ4n) is 0.973. The van der Waals surface area contributed by atoms with Crippen LogP contribution in [0.1, 0.15) is 20.3 Å². The molecule has 0 saturated heterocycles. The maximum absolute atomic E-state index is 11.5. The van der Waals surface area contributed by atoms with Gasteiger partial charge in [0.25, 0.3) is 0 Å². The van der Waals surface area contributed by atoms with E-state index < -0.39 is 0 Å². The van der Waals surface area contributed by atoms with Gasteiger partial charge in [-0.25, -0.2) is 4.98 Å². The second kappa shape index (κ2) is 6.07. The lowest BCUT2D eigenvalue weighted by atomic mass is 10.3. The second-order valence-corrected chi connectivity index (χ2v) is 4.80. The molecule has 1 amide bonds. The molecule has 0 fully saturated rings. The number of nitrogens with zero attached hydrogens (tertiary/aromatic N) is 1. The summed E-state index contributed by atoms with van der Waals surface area (Å²) in [6, 6.07) is -0.255. The van der Waals surface area contributed by atoms with E-state index in [1.165, 1.54) is 11.3 Å². The van der Waals surface area contributed by atoms with E-state index in [1.807, 2.05) is 19.2 Å². The molecule has 0 aliphatic carbocycles. The van der Waals surface area contributed by atoms with Gasteiger partial charge >= 0.3 is 0 Å². The Balaban J connectivity index is 2.41. The molecule has 1 aromatic rings. The molecule has 1 aromatic heterocycles. The fraction of sp³-hybridized carbons (Fsp3) is 0.556. The number of nitrogens with one attached hydrogen (secondary N) is 2. The molecule has 0 aromatic carbocycles. The van der Waals surface area contributed by atoms with Gasteiger partial charge in [-0.3, -0.25) is 4.79 Å². The molecular weight excluding hydrogens is 278 g/mol. The van der Waals surface area contributed by atoms with Crippen molar-refractivity contribution in [1.82, 2.24) is 10.3 Å². The summed E-state index contributed by atoms with van der Waals surface area (Å²) in [6.45, 7) is 4.56. The number of halogens is 1. The highest BCUT2D eigenvalue weighted by Crippen LogP contribution is 2.19. The summed E-state index contributed by atoms with van der Waals surface area (Å²) >= 11 is 4.73. The predicted molar refractivity (Wildman–Crippen MR) is 66.2 cm³/mol. The maximum atomic E-state index is 11.5. The molecule has 1 heterocycles. The minimum absolute atomic E-state index is 0.00294. The molecule has 6 heteroatoms. The SMILES string of the molecule is CCCNC(=O)C(C)Nc1nc(Br)cs1. The Bertz CT molecular complexity index is 329. The number of rotatable bonds is 5. The minimum Gasteiger partial charge on any atom is -0.354 e. The third-order valence-electron chi connectivity index (χ3n) is 1.76. The Hall–Kier alpha value is -0.620. The highest BCUT2D eigenvalue weighted by Gasteiger charge is 2.12. The van der Waals surface area contributed by atoms with E-state index in [1.54, 1.807) is 0 Å². The average molecular weight is 292 g/mol. The Morgan fingerprint density at radius 2 is 2.47 bits per heavy atom. The first kappa shape index (κ1) is 12.4. The molecule has 0 aliphatic rings. The van der Waals surface area contributed by atoms with Crippen LogP contribution in [0.4, 0.5) is 5.13 Å². The average Bonchev–Trinajstić information content (AvgIpc) is 2.60. The van der Waals surface area contributed by atoms with Gasteiger partial charge in [0.05, 0.1) is 0 Å². The summed E-state index contributed by atoms with van der Waals surface area (Å²) in [7, 11) is 0. The van der Waals surface area contributed by atoms with Crippen molar-refractivity contribution in [2.45, 2.75) is 26.3 Å². The Labute approximate surface area is 102 Å². The molecule has 0 bridgehead atoms. The van der Waals surface area contributed by atoms with E-state index in [0.29, 0.717) is 6.54 Å². The highest BCUT2D eigenvalue weighted by atomic mass is 79.9. The summed E-state index contributed by atoms with van der Waals surface area (Å²) in [5.74, 6) is 0.00294. The summed E-state index contributed by atoms with van der Waals surface area (Å²) in [5, 5.41) is 8.48. The van der Waals surface area contributed by atoms with Gasteiger partial charge in [0.2, 0.25) is 5.91 Å². The molecule has 1 rings (SSSR count). The van der Waals surface area contributed by atoms with Gasteiger partial charge in [0.1, 0.15) is 10.6 Å². The third kappa shape index (κ3) is 4.17. The largest absolute Gasteiger partial charge is 0.354 e. The zero-order chi connectivity index (χ0) is 11.3. The van der Waals surface area contributed by atoms with Crippen LogP contribution in [0.5, 0.6) is 0 Å². The molecule has 2 N–H and O–H groups in total. The summed E-state index contributed by atoms with van der Waals surface area (Å²) in [5.41, 5.74) is 0. The van der Waals surface area contributed by atoms with Crippen LogP contribution in [-0.2, 0) is 4.79 Å². The molecule has 1 unspecified atom stereocenters. The van der Waals surface area contributed by atoms with Crippen LogP contribution in [0, 0.1) is 0 Å². The fourth-order valence-corrected chi connectivity index (χ4v) is 2.21.